The van der Waals surface area contributed by atoms with Gasteiger partial charge in [-0.3, -0.25) is 9.78 Å². The summed E-state index contributed by atoms with van der Waals surface area (Å²) in [5, 5.41) is 13.4. The summed E-state index contributed by atoms with van der Waals surface area (Å²) in [6.07, 6.45) is 3.68. The number of halogens is 1. The van der Waals surface area contributed by atoms with Crippen LogP contribution < -0.4 is 5.32 Å². The van der Waals surface area contributed by atoms with Crippen molar-refractivity contribution in [3.63, 3.8) is 0 Å². The second-order valence-electron chi connectivity index (χ2n) is 6.04. The second-order valence-corrected chi connectivity index (χ2v) is 6.48. The predicted molar refractivity (Wildman–Crippen MR) is 102 cm³/mol. The summed E-state index contributed by atoms with van der Waals surface area (Å²) in [7, 11) is 0. The fraction of sp³-hybridized carbons (Fsp3) is 0.143. The van der Waals surface area contributed by atoms with Gasteiger partial charge in [-0.25, -0.2) is 0 Å². The molecule has 0 aliphatic heterocycles. The molecular formula is C21H19ClN2O2. The summed E-state index contributed by atoms with van der Waals surface area (Å²) in [6, 6.07) is 18.2. The van der Waals surface area contributed by atoms with Crippen molar-refractivity contribution in [2.75, 3.05) is 0 Å². The van der Waals surface area contributed by atoms with Crippen LogP contribution in [0.25, 0.3) is 0 Å². The monoisotopic (exact) mass is 366 g/mol. The van der Waals surface area contributed by atoms with Gasteiger partial charge in [-0.05, 0) is 47.0 Å². The van der Waals surface area contributed by atoms with E-state index in [1.165, 1.54) is 0 Å². The number of benzene rings is 2. The number of carbonyl (C=O) groups is 1. The van der Waals surface area contributed by atoms with Crippen LogP contribution in [0.3, 0.4) is 0 Å². The lowest BCUT2D eigenvalue weighted by Crippen LogP contribution is -2.25. The molecule has 3 aromatic rings. The van der Waals surface area contributed by atoms with Crippen molar-refractivity contribution in [2.24, 2.45) is 0 Å². The van der Waals surface area contributed by atoms with E-state index in [1.54, 1.807) is 36.7 Å². The maximum absolute atomic E-state index is 12.5. The van der Waals surface area contributed by atoms with Gasteiger partial charge in [-0.15, -0.1) is 0 Å². The molecule has 3 rings (SSSR count). The molecule has 2 N–H and O–H groups in total. The van der Waals surface area contributed by atoms with Gasteiger partial charge in [0.1, 0.15) is 5.75 Å². The van der Waals surface area contributed by atoms with E-state index in [4.69, 9.17) is 11.6 Å². The number of nitrogens with one attached hydrogen (secondary N) is 1. The zero-order valence-electron chi connectivity index (χ0n) is 14.1. The van der Waals surface area contributed by atoms with Gasteiger partial charge >= 0.3 is 0 Å². The number of nitrogens with zero attached hydrogens (tertiary/aromatic N) is 1. The maximum Gasteiger partial charge on any atom is 0.221 e. The molecule has 0 radical (unpaired) electrons. The zero-order valence-corrected chi connectivity index (χ0v) is 14.9. The summed E-state index contributed by atoms with van der Waals surface area (Å²) in [4.78, 5) is 16.6. The highest BCUT2D eigenvalue weighted by Gasteiger charge is 2.19. The molecule has 1 aromatic heterocycles. The normalized spacial score (nSPS) is 11.7. The van der Waals surface area contributed by atoms with E-state index in [1.807, 2.05) is 36.4 Å². The van der Waals surface area contributed by atoms with Gasteiger partial charge in [0.05, 0.1) is 0 Å². The van der Waals surface area contributed by atoms with Crippen LogP contribution in [0.5, 0.6) is 5.75 Å². The summed E-state index contributed by atoms with van der Waals surface area (Å²) in [5.74, 6) is -0.109. The molecule has 26 heavy (non-hydrogen) atoms. The molecule has 132 valence electrons. The number of hydrogen-bond donors (Lipinski definition) is 2. The van der Waals surface area contributed by atoms with Crippen molar-refractivity contribution >= 4 is 17.5 Å². The minimum absolute atomic E-state index is 0.0813. The lowest BCUT2D eigenvalue weighted by Gasteiger charge is -2.18. The second kappa shape index (κ2) is 8.50. The van der Waals surface area contributed by atoms with Gasteiger partial charge in [0, 0.05) is 36.3 Å². The first-order valence-electron chi connectivity index (χ1n) is 8.32. The Morgan fingerprint density at radius 2 is 1.85 bits per heavy atom. The van der Waals surface area contributed by atoms with E-state index in [0.29, 0.717) is 11.6 Å². The van der Waals surface area contributed by atoms with Gasteiger partial charge in [0.2, 0.25) is 5.91 Å². The molecule has 1 atom stereocenters. The summed E-state index contributed by atoms with van der Waals surface area (Å²) >= 11 is 6.13. The SMILES string of the molecule is O=C(C[C@@H](c1cccc(O)c1)c1cccc(Cl)c1)NCc1cccnc1. The number of hydrogen-bond acceptors (Lipinski definition) is 3. The molecule has 0 bridgehead atoms. The first kappa shape index (κ1) is 18.0. The highest BCUT2D eigenvalue weighted by atomic mass is 35.5. The van der Waals surface area contributed by atoms with E-state index in [2.05, 4.69) is 10.3 Å². The number of pyridine rings is 1. The largest absolute Gasteiger partial charge is 0.508 e. The van der Waals surface area contributed by atoms with Crippen molar-refractivity contribution in [3.8, 4) is 5.75 Å². The Bertz CT molecular complexity index is 838. The van der Waals surface area contributed by atoms with Crippen LogP contribution in [0.2, 0.25) is 5.02 Å². The molecule has 1 amide bonds. The number of aromatic nitrogens is 1. The molecule has 0 aliphatic rings. The van der Waals surface area contributed by atoms with Crippen molar-refractivity contribution in [1.82, 2.24) is 10.3 Å². The van der Waals surface area contributed by atoms with Gasteiger partial charge < -0.3 is 10.4 Å². The van der Waals surface area contributed by atoms with Crippen LogP contribution in [0.1, 0.15) is 29.0 Å². The minimum Gasteiger partial charge on any atom is -0.508 e. The zero-order chi connectivity index (χ0) is 18.4. The van der Waals surface area contributed by atoms with Crippen molar-refractivity contribution in [3.05, 3.63) is 94.8 Å². The minimum atomic E-state index is -0.199. The number of aromatic hydroxyl groups is 1. The van der Waals surface area contributed by atoms with E-state index in [-0.39, 0.29) is 24.0 Å². The van der Waals surface area contributed by atoms with Gasteiger partial charge in [0.25, 0.3) is 0 Å². The van der Waals surface area contributed by atoms with Gasteiger partial charge in [-0.2, -0.15) is 0 Å². The third-order valence-electron chi connectivity index (χ3n) is 4.13. The van der Waals surface area contributed by atoms with Gasteiger partial charge in [0.15, 0.2) is 0 Å². The number of phenolic OH excluding ortho intramolecular Hbond substituents is 1. The van der Waals surface area contributed by atoms with E-state index >= 15 is 0 Å². The molecule has 0 saturated carbocycles. The summed E-state index contributed by atoms with van der Waals surface area (Å²) in [6.45, 7) is 0.426. The summed E-state index contributed by atoms with van der Waals surface area (Å²) in [5.41, 5.74) is 2.74. The van der Waals surface area contributed by atoms with Crippen LogP contribution in [0.15, 0.2) is 73.1 Å². The fourth-order valence-electron chi connectivity index (χ4n) is 2.85. The van der Waals surface area contributed by atoms with E-state index < -0.39 is 0 Å². The Morgan fingerprint density at radius 3 is 2.54 bits per heavy atom. The quantitative estimate of drug-likeness (QED) is 0.684. The highest BCUT2D eigenvalue weighted by molar-refractivity contribution is 6.30. The van der Waals surface area contributed by atoms with E-state index in [9.17, 15) is 9.90 Å². The van der Waals surface area contributed by atoms with Crippen molar-refractivity contribution in [1.29, 1.82) is 0 Å². The maximum atomic E-state index is 12.5. The van der Waals surface area contributed by atoms with Crippen LogP contribution in [-0.4, -0.2) is 16.0 Å². The Hall–Kier alpha value is -2.85. The Kier molecular flexibility index (Phi) is 5.87. The number of phenols is 1. The van der Waals surface area contributed by atoms with Crippen LogP contribution in [0.4, 0.5) is 0 Å². The fourth-order valence-corrected chi connectivity index (χ4v) is 3.05. The molecule has 0 unspecified atom stereocenters. The van der Waals surface area contributed by atoms with Crippen molar-refractivity contribution in [2.45, 2.75) is 18.9 Å². The molecule has 5 heteroatoms. The third-order valence-corrected chi connectivity index (χ3v) is 4.36. The Labute approximate surface area is 157 Å². The number of amides is 1. The molecule has 4 nitrogen and oxygen atoms in total. The standard InChI is InChI=1S/C21H19ClN2O2/c22-18-7-1-5-16(10-18)20(17-6-2-8-19(25)11-17)12-21(26)24-14-15-4-3-9-23-13-15/h1-11,13,20,25H,12,14H2,(H,24,26)/t20-/m1/s1. The topological polar surface area (TPSA) is 62.2 Å². The van der Waals surface area contributed by atoms with E-state index in [0.717, 1.165) is 16.7 Å². The average molecular weight is 367 g/mol. The average Bonchev–Trinajstić information content (AvgIpc) is 2.65. The van der Waals surface area contributed by atoms with Crippen LogP contribution in [-0.2, 0) is 11.3 Å². The molecule has 2 aromatic carbocycles. The predicted octanol–water partition coefficient (Wildman–Crippen LogP) is 4.28. The smallest absolute Gasteiger partial charge is 0.221 e. The highest BCUT2D eigenvalue weighted by Crippen LogP contribution is 2.31. The number of rotatable bonds is 6. The summed E-state index contributed by atoms with van der Waals surface area (Å²) < 4.78 is 0. The van der Waals surface area contributed by atoms with Crippen LogP contribution in [0, 0.1) is 0 Å². The first-order chi connectivity index (χ1) is 12.6. The first-order valence-corrected chi connectivity index (χ1v) is 8.69. The molecule has 0 aliphatic carbocycles. The molecule has 0 spiro atoms. The lowest BCUT2D eigenvalue weighted by atomic mass is 9.88. The molecule has 0 fully saturated rings. The molecular weight excluding hydrogens is 348 g/mol. The van der Waals surface area contributed by atoms with Crippen molar-refractivity contribution < 1.29 is 9.90 Å². The Balaban J connectivity index is 1.78. The molecule has 0 saturated heterocycles. The number of carbonyl (C=O) groups excluding carboxylic acids is 1. The lowest BCUT2D eigenvalue weighted by molar-refractivity contribution is -0.121. The Morgan fingerprint density at radius 1 is 1.08 bits per heavy atom. The van der Waals surface area contributed by atoms with Crippen LogP contribution >= 0.6 is 11.6 Å². The van der Waals surface area contributed by atoms with Gasteiger partial charge in [-0.1, -0.05) is 41.9 Å². The third kappa shape index (κ3) is 4.83. The molecule has 1 heterocycles.